The van der Waals surface area contributed by atoms with E-state index in [0.29, 0.717) is 18.0 Å². The number of hydrogen-bond donors (Lipinski definition) is 1. The van der Waals surface area contributed by atoms with E-state index in [1.807, 2.05) is 0 Å². The van der Waals surface area contributed by atoms with Gasteiger partial charge in [-0.1, -0.05) is 0 Å². The monoisotopic (exact) mass is 243 g/mol. The Morgan fingerprint density at radius 2 is 2.38 bits per heavy atom. The highest BCUT2D eigenvalue weighted by Gasteiger charge is 2.17. The van der Waals surface area contributed by atoms with Gasteiger partial charge in [0.1, 0.15) is 17.4 Å². The van der Waals surface area contributed by atoms with E-state index in [2.05, 4.69) is 5.32 Å². The van der Waals surface area contributed by atoms with Crippen LogP contribution in [0.5, 0.6) is 5.75 Å². The summed E-state index contributed by atoms with van der Waals surface area (Å²) in [5, 5.41) is 2.52. The van der Waals surface area contributed by atoms with E-state index >= 15 is 0 Å². The SMILES string of the molecule is O=C(CCl)Nc1cc(F)cc2c1OCCC2. The lowest BCUT2D eigenvalue weighted by molar-refractivity contribution is -0.113. The molecule has 86 valence electrons. The molecule has 0 saturated heterocycles. The summed E-state index contributed by atoms with van der Waals surface area (Å²) in [4.78, 5) is 11.2. The maximum absolute atomic E-state index is 13.3. The molecule has 0 aliphatic carbocycles. The molecule has 1 amide bonds. The predicted octanol–water partition coefficient (Wildman–Crippen LogP) is 2.33. The van der Waals surface area contributed by atoms with Crippen molar-refractivity contribution in [2.45, 2.75) is 12.8 Å². The molecule has 0 spiro atoms. The van der Waals surface area contributed by atoms with Crippen molar-refractivity contribution in [2.75, 3.05) is 17.8 Å². The molecule has 0 radical (unpaired) electrons. The summed E-state index contributed by atoms with van der Waals surface area (Å²) in [6.07, 6.45) is 1.62. The van der Waals surface area contributed by atoms with Gasteiger partial charge in [-0.25, -0.2) is 4.39 Å². The molecule has 1 aromatic rings. The Morgan fingerprint density at radius 3 is 3.12 bits per heavy atom. The zero-order valence-electron chi connectivity index (χ0n) is 8.56. The molecule has 1 aliphatic heterocycles. The van der Waals surface area contributed by atoms with Gasteiger partial charge in [-0.3, -0.25) is 4.79 Å². The Balaban J connectivity index is 2.35. The molecule has 2 rings (SSSR count). The van der Waals surface area contributed by atoms with Crippen LogP contribution in [-0.2, 0) is 11.2 Å². The zero-order valence-corrected chi connectivity index (χ0v) is 9.31. The number of carbonyl (C=O) groups is 1. The minimum absolute atomic E-state index is 0.161. The highest BCUT2D eigenvalue weighted by atomic mass is 35.5. The van der Waals surface area contributed by atoms with Gasteiger partial charge >= 0.3 is 0 Å². The molecule has 0 fully saturated rings. The summed E-state index contributed by atoms with van der Waals surface area (Å²) < 4.78 is 18.7. The van der Waals surface area contributed by atoms with Crippen molar-refractivity contribution < 1.29 is 13.9 Å². The fraction of sp³-hybridized carbons (Fsp3) is 0.364. The second-order valence-electron chi connectivity index (χ2n) is 3.58. The van der Waals surface area contributed by atoms with Gasteiger partial charge in [-0.05, 0) is 24.5 Å². The highest BCUT2D eigenvalue weighted by Crippen LogP contribution is 2.34. The average Bonchev–Trinajstić information content (AvgIpc) is 2.28. The van der Waals surface area contributed by atoms with Gasteiger partial charge in [0.2, 0.25) is 5.91 Å². The number of hydrogen-bond acceptors (Lipinski definition) is 2. The van der Waals surface area contributed by atoms with Crippen molar-refractivity contribution in [1.29, 1.82) is 0 Å². The van der Waals surface area contributed by atoms with Crippen molar-refractivity contribution in [1.82, 2.24) is 0 Å². The molecular weight excluding hydrogens is 233 g/mol. The lowest BCUT2D eigenvalue weighted by Crippen LogP contribution is -2.17. The van der Waals surface area contributed by atoms with Gasteiger partial charge in [0.15, 0.2) is 0 Å². The number of ether oxygens (including phenoxy) is 1. The number of amides is 1. The minimum atomic E-state index is -0.380. The Hall–Kier alpha value is -1.29. The molecule has 1 aliphatic rings. The molecule has 5 heteroatoms. The van der Waals surface area contributed by atoms with Crippen LogP contribution in [-0.4, -0.2) is 18.4 Å². The molecule has 1 heterocycles. The Morgan fingerprint density at radius 1 is 1.56 bits per heavy atom. The average molecular weight is 244 g/mol. The van der Waals surface area contributed by atoms with Crippen molar-refractivity contribution in [2.24, 2.45) is 0 Å². The number of aryl methyl sites for hydroxylation is 1. The molecular formula is C11H11ClFNO2. The van der Waals surface area contributed by atoms with E-state index in [0.717, 1.165) is 18.4 Å². The van der Waals surface area contributed by atoms with Crippen LogP contribution < -0.4 is 10.1 Å². The van der Waals surface area contributed by atoms with E-state index in [1.165, 1.54) is 12.1 Å². The number of fused-ring (bicyclic) bond motifs is 1. The minimum Gasteiger partial charge on any atom is -0.491 e. The van der Waals surface area contributed by atoms with E-state index in [4.69, 9.17) is 16.3 Å². The van der Waals surface area contributed by atoms with E-state index < -0.39 is 0 Å². The number of benzene rings is 1. The van der Waals surface area contributed by atoms with Crippen LogP contribution in [0.25, 0.3) is 0 Å². The summed E-state index contributed by atoms with van der Waals surface area (Å²) in [5.41, 5.74) is 1.15. The van der Waals surface area contributed by atoms with Gasteiger partial charge < -0.3 is 10.1 Å². The summed E-state index contributed by atoms with van der Waals surface area (Å²) in [5.74, 6) is -0.352. The highest BCUT2D eigenvalue weighted by molar-refractivity contribution is 6.29. The fourth-order valence-corrected chi connectivity index (χ4v) is 1.79. The molecule has 3 nitrogen and oxygen atoms in total. The first kappa shape index (κ1) is 11.2. The van der Waals surface area contributed by atoms with Crippen molar-refractivity contribution in [3.63, 3.8) is 0 Å². The zero-order chi connectivity index (χ0) is 11.5. The van der Waals surface area contributed by atoms with Crippen LogP contribution in [0.3, 0.4) is 0 Å². The first-order valence-electron chi connectivity index (χ1n) is 5.01. The van der Waals surface area contributed by atoms with Crippen LogP contribution in [0.4, 0.5) is 10.1 Å². The summed E-state index contributed by atoms with van der Waals surface area (Å²) >= 11 is 5.38. The first-order chi connectivity index (χ1) is 7.70. The molecule has 0 atom stereocenters. The first-order valence-corrected chi connectivity index (χ1v) is 5.55. The molecule has 0 bridgehead atoms. The molecule has 0 saturated carbocycles. The third kappa shape index (κ3) is 2.27. The number of rotatable bonds is 2. The summed E-state index contributed by atoms with van der Waals surface area (Å²) in [6, 6.07) is 2.68. The lowest BCUT2D eigenvalue weighted by atomic mass is 10.0. The van der Waals surface area contributed by atoms with Crippen LogP contribution in [0, 0.1) is 5.82 Å². The molecule has 0 unspecified atom stereocenters. The topological polar surface area (TPSA) is 38.3 Å². The van der Waals surface area contributed by atoms with Crippen LogP contribution in [0.2, 0.25) is 0 Å². The van der Waals surface area contributed by atoms with Crippen LogP contribution >= 0.6 is 11.6 Å². The molecule has 0 aromatic heterocycles. The van der Waals surface area contributed by atoms with Crippen LogP contribution in [0.1, 0.15) is 12.0 Å². The molecule has 1 N–H and O–H groups in total. The number of anilines is 1. The number of alkyl halides is 1. The largest absolute Gasteiger partial charge is 0.491 e. The number of nitrogens with one attached hydrogen (secondary N) is 1. The van der Waals surface area contributed by atoms with Crippen LogP contribution in [0.15, 0.2) is 12.1 Å². The fourth-order valence-electron chi connectivity index (χ4n) is 1.72. The van der Waals surface area contributed by atoms with E-state index in [9.17, 15) is 9.18 Å². The van der Waals surface area contributed by atoms with Crippen molar-refractivity contribution in [3.05, 3.63) is 23.5 Å². The maximum Gasteiger partial charge on any atom is 0.239 e. The van der Waals surface area contributed by atoms with Gasteiger partial charge in [0.25, 0.3) is 0 Å². The normalized spacial score (nSPS) is 13.9. The quantitative estimate of drug-likeness (QED) is 0.810. The summed E-state index contributed by atoms with van der Waals surface area (Å²) in [6.45, 7) is 0.586. The number of halogens is 2. The molecule has 1 aromatic carbocycles. The summed E-state index contributed by atoms with van der Waals surface area (Å²) in [7, 11) is 0. The smallest absolute Gasteiger partial charge is 0.239 e. The molecule has 16 heavy (non-hydrogen) atoms. The van der Waals surface area contributed by atoms with Gasteiger partial charge in [-0.15, -0.1) is 11.6 Å². The standard InChI is InChI=1S/C11H11ClFNO2/c12-6-10(15)14-9-5-8(13)4-7-2-1-3-16-11(7)9/h4-5H,1-3,6H2,(H,14,15). The van der Waals surface area contributed by atoms with Gasteiger partial charge in [0.05, 0.1) is 12.3 Å². The maximum atomic E-state index is 13.3. The third-order valence-electron chi connectivity index (χ3n) is 2.36. The second-order valence-corrected chi connectivity index (χ2v) is 3.84. The van der Waals surface area contributed by atoms with Gasteiger partial charge in [-0.2, -0.15) is 0 Å². The van der Waals surface area contributed by atoms with Gasteiger partial charge in [0, 0.05) is 6.07 Å². The van der Waals surface area contributed by atoms with E-state index in [1.54, 1.807) is 0 Å². The van der Waals surface area contributed by atoms with Crippen molar-refractivity contribution >= 4 is 23.2 Å². The lowest BCUT2D eigenvalue weighted by Gasteiger charge is -2.20. The van der Waals surface area contributed by atoms with Crippen molar-refractivity contribution in [3.8, 4) is 5.75 Å². The van der Waals surface area contributed by atoms with E-state index in [-0.39, 0.29) is 17.6 Å². The predicted molar refractivity (Wildman–Crippen MR) is 59.6 cm³/mol. The Kier molecular flexibility index (Phi) is 3.29. The third-order valence-corrected chi connectivity index (χ3v) is 2.61. The Labute approximate surface area is 97.5 Å². The number of carbonyl (C=O) groups excluding carboxylic acids is 1. The Bertz CT molecular complexity index is 423. The second kappa shape index (κ2) is 4.70.